The van der Waals surface area contributed by atoms with Gasteiger partial charge < -0.3 is 10.1 Å². The Balaban J connectivity index is 1.60. The third kappa shape index (κ3) is 3.32. The van der Waals surface area contributed by atoms with Crippen molar-refractivity contribution in [1.29, 1.82) is 0 Å². The molecule has 0 saturated carbocycles. The van der Waals surface area contributed by atoms with Gasteiger partial charge in [-0.2, -0.15) is 0 Å². The van der Waals surface area contributed by atoms with E-state index in [1.54, 1.807) is 0 Å². The van der Waals surface area contributed by atoms with Crippen molar-refractivity contribution in [2.24, 2.45) is 0 Å². The molecule has 1 aromatic heterocycles. The van der Waals surface area contributed by atoms with Crippen molar-refractivity contribution in [3.05, 3.63) is 29.6 Å². The van der Waals surface area contributed by atoms with Crippen LogP contribution in [0, 0.1) is 0 Å². The number of hydrogen-bond acceptors (Lipinski definition) is 4. The molecule has 2 aliphatic rings. The van der Waals surface area contributed by atoms with E-state index in [2.05, 4.69) is 35.3 Å². The molecule has 4 heteroatoms. The maximum absolute atomic E-state index is 5.87. The van der Waals surface area contributed by atoms with Crippen molar-refractivity contribution in [3.8, 4) is 0 Å². The van der Waals surface area contributed by atoms with Gasteiger partial charge in [0.25, 0.3) is 0 Å². The van der Waals surface area contributed by atoms with E-state index in [1.807, 2.05) is 0 Å². The van der Waals surface area contributed by atoms with E-state index in [0.29, 0.717) is 12.2 Å². The second-order valence-corrected chi connectivity index (χ2v) is 5.55. The summed E-state index contributed by atoms with van der Waals surface area (Å²) in [5, 5.41) is 3.32. The lowest BCUT2D eigenvalue weighted by Gasteiger charge is -2.31. The number of hydrogen-bond donors (Lipinski definition) is 1. The van der Waals surface area contributed by atoms with E-state index >= 15 is 0 Å². The van der Waals surface area contributed by atoms with E-state index in [9.17, 15) is 0 Å². The first-order valence-electron chi connectivity index (χ1n) is 7.37. The Labute approximate surface area is 115 Å². The molecule has 0 aromatic carbocycles. The Morgan fingerprint density at radius 2 is 2.00 bits per heavy atom. The predicted octanol–water partition coefficient (Wildman–Crippen LogP) is 1.55. The van der Waals surface area contributed by atoms with Crippen molar-refractivity contribution in [3.63, 3.8) is 0 Å². The van der Waals surface area contributed by atoms with Crippen LogP contribution in [-0.2, 0) is 17.8 Å². The summed E-state index contributed by atoms with van der Waals surface area (Å²) >= 11 is 0. The van der Waals surface area contributed by atoms with Crippen molar-refractivity contribution in [2.45, 2.75) is 45.1 Å². The average Bonchev–Trinajstić information content (AvgIpc) is 2.76. The van der Waals surface area contributed by atoms with Crippen molar-refractivity contribution in [2.75, 3.05) is 19.6 Å². The van der Waals surface area contributed by atoms with E-state index in [-0.39, 0.29) is 0 Å². The SMILES string of the molecule is CCNCc1cccc(CN2CC3CCC(C2)O3)n1. The summed E-state index contributed by atoms with van der Waals surface area (Å²) in [5.41, 5.74) is 2.31. The molecule has 104 valence electrons. The maximum Gasteiger partial charge on any atom is 0.0707 e. The second kappa shape index (κ2) is 5.99. The van der Waals surface area contributed by atoms with Gasteiger partial charge in [0.2, 0.25) is 0 Å². The van der Waals surface area contributed by atoms with Crippen molar-refractivity contribution >= 4 is 0 Å². The number of nitrogens with zero attached hydrogens (tertiary/aromatic N) is 2. The Bertz CT molecular complexity index is 412. The van der Waals surface area contributed by atoms with Crippen LogP contribution < -0.4 is 5.32 Å². The first-order valence-corrected chi connectivity index (χ1v) is 7.37. The van der Waals surface area contributed by atoms with Crippen LogP contribution >= 0.6 is 0 Å². The van der Waals surface area contributed by atoms with Gasteiger partial charge in [-0.1, -0.05) is 13.0 Å². The van der Waals surface area contributed by atoms with Gasteiger partial charge in [-0.3, -0.25) is 9.88 Å². The minimum absolute atomic E-state index is 0.462. The second-order valence-electron chi connectivity index (χ2n) is 5.55. The molecule has 2 saturated heterocycles. The molecular formula is C15H23N3O. The third-order valence-corrected chi connectivity index (χ3v) is 3.93. The minimum Gasteiger partial charge on any atom is -0.372 e. The lowest BCUT2D eigenvalue weighted by atomic mass is 10.2. The fourth-order valence-corrected chi connectivity index (χ4v) is 3.03. The van der Waals surface area contributed by atoms with Crippen LogP contribution in [0.1, 0.15) is 31.2 Å². The van der Waals surface area contributed by atoms with E-state index in [4.69, 9.17) is 9.72 Å². The molecule has 2 atom stereocenters. The summed E-state index contributed by atoms with van der Waals surface area (Å²) in [7, 11) is 0. The molecule has 0 radical (unpaired) electrons. The average molecular weight is 261 g/mol. The van der Waals surface area contributed by atoms with Gasteiger partial charge >= 0.3 is 0 Å². The molecule has 1 N–H and O–H groups in total. The largest absolute Gasteiger partial charge is 0.372 e. The highest BCUT2D eigenvalue weighted by Gasteiger charge is 2.33. The van der Waals surface area contributed by atoms with Crippen molar-refractivity contribution in [1.82, 2.24) is 15.2 Å². The lowest BCUT2D eigenvalue weighted by molar-refractivity contribution is -0.0414. The fourth-order valence-electron chi connectivity index (χ4n) is 3.03. The normalized spacial score (nSPS) is 26.8. The highest BCUT2D eigenvalue weighted by atomic mass is 16.5. The molecule has 3 heterocycles. The van der Waals surface area contributed by atoms with E-state index in [0.717, 1.165) is 38.4 Å². The number of nitrogens with one attached hydrogen (secondary N) is 1. The Morgan fingerprint density at radius 1 is 1.26 bits per heavy atom. The first-order chi connectivity index (χ1) is 9.33. The molecule has 4 nitrogen and oxygen atoms in total. The summed E-state index contributed by atoms with van der Waals surface area (Å²) in [4.78, 5) is 7.22. The molecule has 3 rings (SSSR count). The molecule has 2 aliphatic heterocycles. The van der Waals surface area contributed by atoms with Crippen LogP contribution in [0.5, 0.6) is 0 Å². The van der Waals surface area contributed by atoms with Gasteiger partial charge in [0.15, 0.2) is 0 Å². The van der Waals surface area contributed by atoms with Gasteiger partial charge in [0.1, 0.15) is 0 Å². The fraction of sp³-hybridized carbons (Fsp3) is 0.667. The number of morpholine rings is 1. The highest BCUT2D eigenvalue weighted by Crippen LogP contribution is 2.26. The van der Waals surface area contributed by atoms with Crippen LogP contribution in [0.4, 0.5) is 0 Å². The molecule has 1 aromatic rings. The van der Waals surface area contributed by atoms with Crippen LogP contribution in [0.2, 0.25) is 0 Å². The number of fused-ring (bicyclic) bond motifs is 2. The highest BCUT2D eigenvalue weighted by molar-refractivity contribution is 5.11. The zero-order valence-corrected chi connectivity index (χ0v) is 11.6. The predicted molar refractivity (Wildman–Crippen MR) is 74.8 cm³/mol. The number of aromatic nitrogens is 1. The molecule has 0 aliphatic carbocycles. The van der Waals surface area contributed by atoms with Gasteiger partial charge in [-0.05, 0) is 31.5 Å². The first kappa shape index (κ1) is 13.0. The standard InChI is InChI=1S/C15H23N3O/c1-2-16-8-12-4-3-5-13(17-12)9-18-10-14-6-7-15(11-18)19-14/h3-5,14-16H,2,6-11H2,1H3. The van der Waals surface area contributed by atoms with E-state index < -0.39 is 0 Å². The molecular weight excluding hydrogens is 238 g/mol. The molecule has 2 fully saturated rings. The third-order valence-electron chi connectivity index (χ3n) is 3.93. The van der Waals surface area contributed by atoms with Crippen LogP contribution in [0.25, 0.3) is 0 Å². The number of rotatable bonds is 5. The Hall–Kier alpha value is -0.970. The summed E-state index contributed by atoms with van der Waals surface area (Å²) in [6, 6.07) is 6.34. The number of likely N-dealkylation sites (tertiary alicyclic amines) is 1. The molecule has 0 amide bonds. The molecule has 2 bridgehead atoms. The summed E-state index contributed by atoms with van der Waals surface area (Å²) < 4.78 is 5.87. The maximum atomic E-state index is 5.87. The smallest absolute Gasteiger partial charge is 0.0707 e. The zero-order chi connectivity index (χ0) is 13.1. The number of ether oxygens (including phenoxy) is 1. The summed E-state index contributed by atoms with van der Waals surface area (Å²) in [5.74, 6) is 0. The van der Waals surface area contributed by atoms with Gasteiger partial charge in [-0.15, -0.1) is 0 Å². The van der Waals surface area contributed by atoms with Crippen LogP contribution in [-0.4, -0.2) is 41.7 Å². The van der Waals surface area contributed by atoms with Crippen molar-refractivity contribution < 1.29 is 4.74 Å². The quantitative estimate of drug-likeness (QED) is 0.873. The van der Waals surface area contributed by atoms with Gasteiger partial charge in [0.05, 0.1) is 23.6 Å². The Morgan fingerprint density at radius 3 is 2.74 bits per heavy atom. The Kier molecular flexibility index (Phi) is 4.11. The topological polar surface area (TPSA) is 37.4 Å². The van der Waals surface area contributed by atoms with Crippen LogP contribution in [0.15, 0.2) is 18.2 Å². The van der Waals surface area contributed by atoms with Gasteiger partial charge in [-0.25, -0.2) is 0 Å². The molecule has 19 heavy (non-hydrogen) atoms. The monoisotopic (exact) mass is 261 g/mol. The van der Waals surface area contributed by atoms with Crippen LogP contribution in [0.3, 0.4) is 0 Å². The zero-order valence-electron chi connectivity index (χ0n) is 11.6. The molecule has 0 spiro atoms. The summed E-state index contributed by atoms with van der Waals surface area (Å²) in [6.07, 6.45) is 3.39. The van der Waals surface area contributed by atoms with E-state index in [1.165, 1.54) is 18.5 Å². The number of pyridine rings is 1. The minimum atomic E-state index is 0.462. The lowest BCUT2D eigenvalue weighted by Crippen LogP contribution is -2.42. The van der Waals surface area contributed by atoms with Gasteiger partial charge in [0, 0.05) is 26.2 Å². The molecule has 2 unspecified atom stereocenters. The summed E-state index contributed by atoms with van der Waals surface area (Å²) in [6.45, 7) is 7.05.